The van der Waals surface area contributed by atoms with Crippen LogP contribution in [0.4, 0.5) is 4.39 Å². The molecule has 0 atom stereocenters. The van der Waals surface area contributed by atoms with E-state index in [1.165, 1.54) is 0 Å². The summed E-state index contributed by atoms with van der Waals surface area (Å²) in [5.41, 5.74) is 4.03. The molecule has 0 fully saturated rings. The number of fused-ring (bicyclic) bond motifs is 1. The predicted octanol–water partition coefficient (Wildman–Crippen LogP) is 6.45. The number of benzene rings is 2. The van der Waals surface area contributed by atoms with Gasteiger partial charge in [0.25, 0.3) is 0 Å². The summed E-state index contributed by atoms with van der Waals surface area (Å²) in [6, 6.07) is 13.3. The lowest BCUT2D eigenvalue weighted by molar-refractivity contribution is 0.412. The highest BCUT2D eigenvalue weighted by Crippen LogP contribution is 2.30. The van der Waals surface area contributed by atoms with E-state index in [0.29, 0.717) is 23.0 Å². The van der Waals surface area contributed by atoms with Crippen LogP contribution in [0.15, 0.2) is 54.6 Å². The van der Waals surface area contributed by atoms with Gasteiger partial charge in [0.2, 0.25) is 0 Å². The van der Waals surface area contributed by atoms with Crippen LogP contribution in [0, 0.1) is 6.92 Å². The van der Waals surface area contributed by atoms with E-state index in [1.54, 1.807) is 13.2 Å². The molecule has 0 saturated carbocycles. The first-order valence-corrected chi connectivity index (χ1v) is 9.48. The number of alkyl halides is 1. The highest BCUT2D eigenvalue weighted by Gasteiger charge is 2.12. The Balaban J connectivity index is 2.06. The number of aryl methyl sites for hydroxylation is 1. The molecule has 0 amide bonds. The Morgan fingerprint density at radius 1 is 1.11 bits per heavy atom. The first-order chi connectivity index (χ1) is 13.6. The quantitative estimate of drug-likeness (QED) is 0.355. The summed E-state index contributed by atoms with van der Waals surface area (Å²) in [5, 5.41) is 1.17. The van der Waals surface area contributed by atoms with Gasteiger partial charge in [-0.3, -0.25) is 0 Å². The van der Waals surface area contributed by atoms with Gasteiger partial charge in [0.05, 0.1) is 12.6 Å². The van der Waals surface area contributed by atoms with Crippen molar-refractivity contribution in [1.29, 1.82) is 0 Å². The maximum Gasteiger partial charge on any atom is 0.157 e. The number of nitrogens with zero attached hydrogens (tertiary/aromatic N) is 2. The molecule has 5 heteroatoms. The molecule has 1 heterocycles. The minimum atomic E-state index is -0.548. The fourth-order valence-electron chi connectivity index (χ4n) is 3.01. The van der Waals surface area contributed by atoms with Crippen molar-refractivity contribution < 1.29 is 9.13 Å². The predicted molar refractivity (Wildman–Crippen MR) is 114 cm³/mol. The molecule has 0 N–H and O–H groups in total. The second-order valence-corrected chi connectivity index (χ2v) is 6.77. The van der Waals surface area contributed by atoms with Crippen LogP contribution >= 0.6 is 11.6 Å². The van der Waals surface area contributed by atoms with E-state index in [1.807, 2.05) is 62.4 Å². The molecule has 3 rings (SSSR count). The number of methoxy groups -OCH3 is 1. The SMILES string of the molecule is CCC(=CC=C(CF)c1ccccc1)c1nc(Cl)c2cc(C)c(OC)cc2n1. The zero-order chi connectivity index (χ0) is 20.1. The van der Waals surface area contributed by atoms with Crippen molar-refractivity contribution in [3.63, 3.8) is 0 Å². The molecule has 0 bridgehead atoms. The summed E-state index contributed by atoms with van der Waals surface area (Å²) < 4.78 is 18.9. The van der Waals surface area contributed by atoms with Gasteiger partial charge in [-0.2, -0.15) is 0 Å². The number of halogens is 2. The summed E-state index contributed by atoms with van der Waals surface area (Å²) in [4.78, 5) is 9.13. The zero-order valence-corrected chi connectivity index (χ0v) is 16.9. The molecule has 0 radical (unpaired) electrons. The second-order valence-electron chi connectivity index (χ2n) is 6.41. The van der Waals surface area contributed by atoms with Gasteiger partial charge in [-0.15, -0.1) is 0 Å². The molecule has 0 aliphatic rings. The summed E-state index contributed by atoms with van der Waals surface area (Å²) in [6.07, 6.45) is 4.34. The summed E-state index contributed by atoms with van der Waals surface area (Å²) in [5.74, 6) is 1.28. The average molecular weight is 397 g/mol. The summed E-state index contributed by atoms with van der Waals surface area (Å²) in [6.45, 7) is 3.41. The van der Waals surface area contributed by atoms with E-state index in [-0.39, 0.29) is 0 Å². The molecule has 0 spiro atoms. The Kier molecular flexibility index (Phi) is 6.42. The third-order valence-corrected chi connectivity index (χ3v) is 4.90. The van der Waals surface area contributed by atoms with Crippen molar-refractivity contribution in [3.05, 3.63) is 76.7 Å². The molecule has 3 nitrogen and oxygen atoms in total. The Morgan fingerprint density at radius 2 is 1.82 bits per heavy atom. The maximum absolute atomic E-state index is 13.5. The minimum Gasteiger partial charge on any atom is -0.496 e. The van der Waals surface area contributed by atoms with Gasteiger partial charge >= 0.3 is 0 Å². The summed E-state index contributed by atoms with van der Waals surface area (Å²) >= 11 is 6.42. The van der Waals surface area contributed by atoms with Gasteiger partial charge in [-0.25, -0.2) is 14.4 Å². The topological polar surface area (TPSA) is 35.0 Å². The monoisotopic (exact) mass is 396 g/mol. The van der Waals surface area contributed by atoms with Gasteiger partial charge in [-0.1, -0.05) is 61.0 Å². The number of rotatable bonds is 6. The second kappa shape index (κ2) is 8.98. The Bertz CT molecular complexity index is 1050. The molecule has 0 unspecified atom stereocenters. The number of hydrogen-bond acceptors (Lipinski definition) is 3. The third-order valence-electron chi connectivity index (χ3n) is 4.61. The van der Waals surface area contributed by atoms with Crippen molar-refractivity contribution in [3.8, 4) is 5.75 Å². The zero-order valence-electron chi connectivity index (χ0n) is 16.2. The van der Waals surface area contributed by atoms with Gasteiger partial charge < -0.3 is 4.74 Å². The molecule has 1 aromatic heterocycles. The molecule has 3 aromatic rings. The number of hydrogen-bond donors (Lipinski definition) is 0. The normalized spacial score (nSPS) is 12.5. The lowest BCUT2D eigenvalue weighted by Crippen LogP contribution is -1.97. The Labute approximate surface area is 169 Å². The number of ether oxygens (including phenoxy) is 1. The molecule has 28 heavy (non-hydrogen) atoms. The molecule has 0 saturated heterocycles. The van der Waals surface area contributed by atoms with Gasteiger partial charge in [0.15, 0.2) is 5.82 Å². The highest BCUT2D eigenvalue weighted by atomic mass is 35.5. The van der Waals surface area contributed by atoms with E-state index >= 15 is 0 Å². The fourth-order valence-corrected chi connectivity index (χ4v) is 3.24. The number of allylic oxidation sites excluding steroid dienone is 4. The summed E-state index contributed by atoms with van der Waals surface area (Å²) in [7, 11) is 1.63. The Hall–Kier alpha value is -2.72. The average Bonchev–Trinajstić information content (AvgIpc) is 2.72. The van der Waals surface area contributed by atoms with Crippen LogP contribution in [0.2, 0.25) is 5.15 Å². The first-order valence-electron chi connectivity index (χ1n) is 9.10. The van der Waals surface area contributed by atoms with Crippen molar-refractivity contribution in [2.24, 2.45) is 0 Å². The smallest absolute Gasteiger partial charge is 0.157 e. The molecule has 2 aromatic carbocycles. The molecule has 0 aliphatic carbocycles. The lowest BCUT2D eigenvalue weighted by Gasteiger charge is -2.10. The standard InChI is InChI=1S/C23H22ClFN2O/c1-4-16(10-11-18(14-25)17-8-6-5-7-9-17)23-26-20-13-21(28-3)15(2)12-19(20)22(24)27-23/h5-13H,4,14H2,1-3H3. The van der Waals surface area contributed by atoms with Crippen LogP contribution in [0.1, 0.15) is 30.3 Å². The van der Waals surface area contributed by atoms with Crippen LogP contribution in [-0.2, 0) is 0 Å². The van der Waals surface area contributed by atoms with Crippen molar-refractivity contribution >= 4 is 33.7 Å². The maximum atomic E-state index is 13.5. The van der Waals surface area contributed by atoms with Crippen molar-refractivity contribution in [2.45, 2.75) is 20.3 Å². The molecule has 0 aliphatic heterocycles. The van der Waals surface area contributed by atoms with Gasteiger partial charge in [0.1, 0.15) is 17.6 Å². The lowest BCUT2D eigenvalue weighted by atomic mass is 10.0. The van der Waals surface area contributed by atoms with Gasteiger partial charge in [0, 0.05) is 11.5 Å². The molecular weight excluding hydrogens is 375 g/mol. The van der Waals surface area contributed by atoms with Crippen LogP contribution in [0.3, 0.4) is 0 Å². The van der Waals surface area contributed by atoms with E-state index in [0.717, 1.165) is 33.4 Å². The molecule has 144 valence electrons. The van der Waals surface area contributed by atoms with Gasteiger partial charge in [-0.05, 0) is 41.7 Å². The minimum absolute atomic E-state index is 0.392. The van der Waals surface area contributed by atoms with Crippen molar-refractivity contribution in [2.75, 3.05) is 13.8 Å². The van der Waals surface area contributed by atoms with Crippen LogP contribution in [0.5, 0.6) is 5.75 Å². The van der Waals surface area contributed by atoms with E-state index < -0.39 is 6.67 Å². The molecular formula is C23H22ClFN2O. The first kappa shape index (κ1) is 20.0. The van der Waals surface area contributed by atoms with Crippen molar-refractivity contribution in [1.82, 2.24) is 9.97 Å². The number of aromatic nitrogens is 2. The van der Waals surface area contributed by atoms with Crippen LogP contribution in [-0.4, -0.2) is 23.8 Å². The fraction of sp³-hybridized carbons (Fsp3) is 0.217. The third kappa shape index (κ3) is 4.23. The highest BCUT2D eigenvalue weighted by molar-refractivity contribution is 6.34. The van der Waals surface area contributed by atoms with E-state index in [9.17, 15) is 4.39 Å². The largest absolute Gasteiger partial charge is 0.496 e. The van der Waals surface area contributed by atoms with Crippen LogP contribution < -0.4 is 4.74 Å². The Morgan fingerprint density at radius 3 is 2.46 bits per heavy atom. The van der Waals surface area contributed by atoms with Crippen LogP contribution in [0.25, 0.3) is 22.0 Å². The van der Waals surface area contributed by atoms with E-state index in [2.05, 4.69) is 9.97 Å². The van der Waals surface area contributed by atoms with E-state index in [4.69, 9.17) is 16.3 Å².